The summed E-state index contributed by atoms with van der Waals surface area (Å²) in [5, 5.41) is 0. The highest BCUT2D eigenvalue weighted by Crippen LogP contribution is 2.30. The van der Waals surface area contributed by atoms with Crippen LogP contribution < -0.4 is 5.73 Å². The summed E-state index contributed by atoms with van der Waals surface area (Å²) in [5.74, 6) is 1.09. The molecule has 1 aromatic rings. The average molecular weight is 264 g/mol. The van der Waals surface area contributed by atoms with Crippen LogP contribution >= 0.6 is 0 Å². The molecular weight excluding hydrogens is 236 g/mol. The van der Waals surface area contributed by atoms with Gasteiger partial charge in [-0.2, -0.15) is 0 Å². The quantitative estimate of drug-likeness (QED) is 0.829. The first-order valence-electron chi connectivity index (χ1n) is 7.57. The van der Waals surface area contributed by atoms with Crippen LogP contribution in [0, 0.1) is 6.92 Å². The van der Waals surface area contributed by atoms with E-state index in [1.807, 2.05) is 6.20 Å². The van der Waals surface area contributed by atoms with Crippen molar-refractivity contribution in [3.63, 3.8) is 0 Å². The molecule has 4 heteroatoms. The Morgan fingerprint density at radius 3 is 2.53 bits per heavy atom. The van der Waals surface area contributed by atoms with Crippen LogP contribution in [0.2, 0.25) is 0 Å². The fraction of sp³-hybridized carbons (Fsp3) is 0.800. The summed E-state index contributed by atoms with van der Waals surface area (Å²) >= 11 is 0. The second kappa shape index (κ2) is 6.53. The van der Waals surface area contributed by atoms with Gasteiger partial charge in [0, 0.05) is 37.6 Å². The van der Waals surface area contributed by atoms with E-state index in [2.05, 4.69) is 34.6 Å². The Morgan fingerprint density at radius 1 is 1.32 bits per heavy atom. The molecule has 19 heavy (non-hydrogen) atoms. The minimum absolute atomic E-state index is 0.227. The van der Waals surface area contributed by atoms with Gasteiger partial charge in [-0.1, -0.05) is 25.7 Å². The first-order valence-corrected chi connectivity index (χ1v) is 7.57. The molecule has 0 amide bonds. The third-order valence-electron chi connectivity index (χ3n) is 4.82. The van der Waals surface area contributed by atoms with Crippen molar-refractivity contribution in [3.05, 3.63) is 18.2 Å². The zero-order valence-electron chi connectivity index (χ0n) is 12.4. The molecule has 1 heterocycles. The molecule has 1 fully saturated rings. The van der Waals surface area contributed by atoms with Crippen molar-refractivity contribution in [1.82, 2.24) is 14.5 Å². The summed E-state index contributed by atoms with van der Waals surface area (Å²) in [7, 11) is 2.24. The minimum Gasteiger partial charge on any atom is -0.334 e. The number of nitrogens with two attached hydrogens (primary N) is 1. The summed E-state index contributed by atoms with van der Waals surface area (Å²) in [4.78, 5) is 6.78. The zero-order chi connectivity index (χ0) is 13.7. The SMILES string of the molecule is Cc1nccn1CCN(C)C1(CN)CCCCCC1. The van der Waals surface area contributed by atoms with Gasteiger partial charge < -0.3 is 10.3 Å². The molecule has 0 spiro atoms. The third-order valence-corrected chi connectivity index (χ3v) is 4.82. The highest BCUT2D eigenvalue weighted by atomic mass is 15.2. The Labute approximate surface area is 117 Å². The van der Waals surface area contributed by atoms with Gasteiger partial charge in [-0.15, -0.1) is 0 Å². The first kappa shape index (κ1) is 14.5. The largest absolute Gasteiger partial charge is 0.334 e. The lowest BCUT2D eigenvalue weighted by Gasteiger charge is -2.41. The second-order valence-corrected chi connectivity index (χ2v) is 5.93. The van der Waals surface area contributed by atoms with Crippen LogP contribution in [-0.4, -0.2) is 40.1 Å². The van der Waals surface area contributed by atoms with Gasteiger partial charge >= 0.3 is 0 Å². The number of likely N-dealkylation sites (N-methyl/N-ethyl adjacent to an activating group) is 1. The molecule has 1 aliphatic carbocycles. The standard InChI is InChI=1S/C15H28N4/c1-14-17-9-10-19(14)12-11-18(2)15(13-16)7-5-3-4-6-8-15/h9-10H,3-8,11-13,16H2,1-2H3. The average Bonchev–Trinajstić information content (AvgIpc) is 2.68. The number of nitrogens with zero attached hydrogens (tertiary/aromatic N) is 3. The van der Waals surface area contributed by atoms with E-state index in [0.29, 0.717) is 0 Å². The third kappa shape index (κ3) is 3.37. The van der Waals surface area contributed by atoms with Crippen LogP contribution in [0.1, 0.15) is 44.3 Å². The number of hydrogen-bond acceptors (Lipinski definition) is 3. The molecule has 1 aliphatic rings. The van der Waals surface area contributed by atoms with Crippen LogP contribution in [0.15, 0.2) is 12.4 Å². The molecule has 0 aliphatic heterocycles. The number of aryl methyl sites for hydroxylation is 1. The lowest BCUT2D eigenvalue weighted by Crippen LogP contribution is -2.52. The fourth-order valence-electron chi connectivity index (χ4n) is 3.26. The van der Waals surface area contributed by atoms with Gasteiger partial charge in [0.15, 0.2) is 0 Å². The molecule has 2 N–H and O–H groups in total. The van der Waals surface area contributed by atoms with E-state index in [0.717, 1.165) is 25.5 Å². The van der Waals surface area contributed by atoms with Crippen LogP contribution in [0.3, 0.4) is 0 Å². The first-order chi connectivity index (χ1) is 9.18. The van der Waals surface area contributed by atoms with Crippen molar-refractivity contribution in [2.75, 3.05) is 20.1 Å². The van der Waals surface area contributed by atoms with E-state index in [9.17, 15) is 0 Å². The number of rotatable bonds is 5. The van der Waals surface area contributed by atoms with Gasteiger partial charge in [0.2, 0.25) is 0 Å². The smallest absolute Gasteiger partial charge is 0.105 e. The molecule has 0 bridgehead atoms. The van der Waals surface area contributed by atoms with E-state index >= 15 is 0 Å². The summed E-state index contributed by atoms with van der Waals surface area (Å²) in [6.45, 7) is 4.90. The number of hydrogen-bond donors (Lipinski definition) is 1. The molecule has 4 nitrogen and oxygen atoms in total. The van der Waals surface area contributed by atoms with Gasteiger partial charge in [-0.3, -0.25) is 4.90 Å². The summed E-state index contributed by atoms with van der Waals surface area (Å²) in [5.41, 5.74) is 6.35. The van der Waals surface area contributed by atoms with Gasteiger partial charge in [-0.25, -0.2) is 4.98 Å². The van der Waals surface area contributed by atoms with E-state index in [4.69, 9.17) is 5.73 Å². The summed E-state index contributed by atoms with van der Waals surface area (Å²) < 4.78 is 2.22. The Bertz CT molecular complexity index is 377. The highest BCUT2D eigenvalue weighted by Gasteiger charge is 2.33. The fourth-order valence-corrected chi connectivity index (χ4v) is 3.26. The zero-order valence-corrected chi connectivity index (χ0v) is 12.4. The maximum atomic E-state index is 6.13. The molecule has 0 saturated heterocycles. The van der Waals surface area contributed by atoms with E-state index < -0.39 is 0 Å². The van der Waals surface area contributed by atoms with Gasteiger partial charge in [-0.05, 0) is 26.8 Å². The maximum absolute atomic E-state index is 6.13. The molecule has 108 valence electrons. The van der Waals surface area contributed by atoms with E-state index in [-0.39, 0.29) is 5.54 Å². The van der Waals surface area contributed by atoms with E-state index in [1.165, 1.54) is 38.5 Å². The van der Waals surface area contributed by atoms with Crippen LogP contribution in [0.4, 0.5) is 0 Å². The summed E-state index contributed by atoms with van der Waals surface area (Å²) in [6, 6.07) is 0. The molecule has 0 unspecified atom stereocenters. The second-order valence-electron chi connectivity index (χ2n) is 5.93. The highest BCUT2D eigenvalue weighted by molar-refractivity contribution is 4.93. The lowest BCUT2D eigenvalue weighted by atomic mass is 9.88. The topological polar surface area (TPSA) is 47.1 Å². The molecule has 1 aromatic heterocycles. The van der Waals surface area contributed by atoms with Crippen LogP contribution in [0.25, 0.3) is 0 Å². The molecule has 2 rings (SSSR count). The van der Waals surface area contributed by atoms with Gasteiger partial charge in [0.25, 0.3) is 0 Å². The van der Waals surface area contributed by atoms with Gasteiger partial charge in [0.05, 0.1) is 0 Å². The molecular formula is C15H28N4. The number of aromatic nitrogens is 2. The van der Waals surface area contributed by atoms with Crippen molar-refractivity contribution in [2.24, 2.45) is 5.73 Å². The molecule has 0 radical (unpaired) electrons. The van der Waals surface area contributed by atoms with Crippen LogP contribution in [-0.2, 0) is 6.54 Å². The maximum Gasteiger partial charge on any atom is 0.105 e. The lowest BCUT2D eigenvalue weighted by molar-refractivity contribution is 0.103. The Kier molecular flexibility index (Phi) is 4.99. The van der Waals surface area contributed by atoms with Crippen molar-refractivity contribution < 1.29 is 0 Å². The Hall–Kier alpha value is -0.870. The monoisotopic (exact) mass is 264 g/mol. The van der Waals surface area contributed by atoms with Crippen LogP contribution in [0.5, 0.6) is 0 Å². The predicted molar refractivity (Wildman–Crippen MR) is 79.1 cm³/mol. The normalized spacial score (nSPS) is 19.6. The van der Waals surface area contributed by atoms with Crippen molar-refractivity contribution >= 4 is 0 Å². The summed E-state index contributed by atoms with van der Waals surface area (Å²) in [6.07, 6.45) is 11.8. The molecule has 0 atom stereocenters. The predicted octanol–water partition coefficient (Wildman–Crippen LogP) is 2.18. The van der Waals surface area contributed by atoms with Crippen molar-refractivity contribution in [2.45, 2.75) is 57.5 Å². The minimum atomic E-state index is 0.227. The molecule has 1 saturated carbocycles. The Balaban J connectivity index is 1.96. The Morgan fingerprint density at radius 2 is 2.00 bits per heavy atom. The molecule has 0 aromatic carbocycles. The van der Waals surface area contributed by atoms with Crippen molar-refractivity contribution in [3.8, 4) is 0 Å². The van der Waals surface area contributed by atoms with Crippen molar-refractivity contribution in [1.29, 1.82) is 0 Å². The van der Waals surface area contributed by atoms with E-state index in [1.54, 1.807) is 0 Å². The number of imidazole rings is 1. The van der Waals surface area contributed by atoms with Gasteiger partial charge in [0.1, 0.15) is 5.82 Å².